The lowest BCUT2D eigenvalue weighted by Gasteiger charge is -2.05. The molecular formula is C10H11N3O. The number of aromatic hydroxyl groups is 1. The standard InChI is InChI=1S/C10H11N3O/c11-13-6-8-4-3-7-2-1-5-12-9(7)10(8)14/h1-5,13-14H,6,11H2. The number of nitrogens with two attached hydrogens (primary N) is 1. The van der Waals surface area contributed by atoms with Gasteiger partial charge in [-0.15, -0.1) is 0 Å². The first-order valence-corrected chi connectivity index (χ1v) is 4.32. The summed E-state index contributed by atoms with van der Waals surface area (Å²) in [5.74, 6) is 5.39. The van der Waals surface area contributed by atoms with Gasteiger partial charge in [0.05, 0.1) is 0 Å². The maximum absolute atomic E-state index is 9.82. The fourth-order valence-corrected chi connectivity index (χ4v) is 1.42. The molecule has 4 nitrogen and oxygen atoms in total. The first-order chi connectivity index (χ1) is 6.83. The molecule has 0 saturated heterocycles. The van der Waals surface area contributed by atoms with E-state index in [1.807, 2.05) is 24.3 Å². The monoisotopic (exact) mass is 189 g/mol. The Kier molecular flexibility index (Phi) is 2.30. The highest BCUT2D eigenvalue weighted by Gasteiger charge is 2.05. The summed E-state index contributed by atoms with van der Waals surface area (Å²) in [4.78, 5) is 4.11. The fraction of sp³-hybridized carbons (Fsp3) is 0.100. The Balaban J connectivity index is 2.63. The highest BCUT2D eigenvalue weighted by molar-refractivity contribution is 5.85. The molecule has 0 saturated carbocycles. The molecule has 14 heavy (non-hydrogen) atoms. The first kappa shape index (κ1) is 8.93. The Bertz CT molecular complexity index is 456. The Labute approximate surface area is 81.4 Å². The second kappa shape index (κ2) is 3.61. The third-order valence-electron chi connectivity index (χ3n) is 2.12. The molecule has 0 unspecified atom stereocenters. The zero-order valence-electron chi connectivity index (χ0n) is 7.57. The van der Waals surface area contributed by atoms with Crippen LogP contribution in [-0.2, 0) is 6.54 Å². The minimum atomic E-state index is 0.195. The van der Waals surface area contributed by atoms with Gasteiger partial charge in [0, 0.05) is 23.7 Å². The van der Waals surface area contributed by atoms with Gasteiger partial charge in [0.2, 0.25) is 0 Å². The van der Waals surface area contributed by atoms with Crippen LogP contribution in [0.2, 0.25) is 0 Å². The summed E-state index contributed by atoms with van der Waals surface area (Å²) in [6, 6.07) is 7.48. The van der Waals surface area contributed by atoms with Crippen molar-refractivity contribution in [3.05, 3.63) is 36.0 Å². The van der Waals surface area contributed by atoms with E-state index in [2.05, 4.69) is 10.4 Å². The summed E-state index contributed by atoms with van der Waals surface area (Å²) < 4.78 is 0. The Morgan fingerprint density at radius 3 is 3.00 bits per heavy atom. The SMILES string of the molecule is NNCc1ccc2cccnc2c1O. The molecule has 0 aliphatic heterocycles. The summed E-state index contributed by atoms with van der Waals surface area (Å²) in [5, 5.41) is 10.7. The summed E-state index contributed by atoms with van der Waals surface area (Å²) in [7, 11) is 0. The molecule has 0 amide bonds. The van der Waals surface area contributed by atoms with Gasteiger partial charge in [0.25, 0.3) is 0 Å². The predicted octanol–water partition coefficient (Wildman–Crippen LogP) is 0.904. The van der Waals surface area contributed by atoms with Gasteiger partial charge < -0.3 is 5.11 Å². The molecule has 4 N–H and O–H groups in total. The molecule has 1 aromatic carbocycles. The van der Waals surface area contributed by atoms with E-state index in [-0.39, 0.29) is 5.75 Å². The molecule has 0 fully saturated rings. The molecule has 0 radical (unpaired) electrons. The molecule has 0 atom stereocenters. The van der Waals surface area contributed by atoms with Crippen molar-refractivity contribution in [1.82, 2.24) is 10.4 Å². The van der Waals surface area contributed by atoms with Crippen LogP contribution in [0.5, 0.6) is 5.75 Å². The minimum Gasteiger partial charge on any atom is -0.505 e. The van der Waals surface area contributed by atoms with Crippen LogP contribution < -0.4 is 11.3 Å². The maximum atomic E-state index is 9.82. The number of rotatable bonds is 2. The molecule has 4 heteroatoms. The quantitative estimate of drug-likeness (QED) is 0.485. The van der Waals surface area contributed by atoms with Crippen LogP contribution in [0.3, 0.4) is 0 Å². The van der Waals surface area contributed by atoms with E-state index in [1.54, 1.807) is 6.20 Å². The van der Waals surface area contributed by atoms with Crippen LogP contribution >= 0.6 is 0 Å². The number of pyridine rings is 1. The topological polar surface area (TPSA) is 71.2 Å². The summed E-state index contributed by atoms with van der Waals surface area (Å²) in [6.45, 7) is 0.429. The Hall–Kier alpha value is -1.65. The van der Waals surface area contributed by atoms with E-state index in [1.165, 1.54) is 0 Å². The van der Waals surface area contributed by atoms with Crippen molar-refractivity contribution in [2.75, 3.05) is 0 Å². The van der Waals surface area contributed by atoms with Gasteiger partial charge >= 0.3 is 0 Å². The van der Waals surface area contributed by atoms with Crippen molar-refractivity contribution < 1.29 is 5.11 Å². The van der Waals surface area contributed by atoms with E-state index < -0.39 is 0 Å². The molecule has 1 aromatic heterocycles. The summed E-state index contributed by atoms with van der Waals surface area (Å²) in [5.41, 5.74) is 3.86. The van der Waals surface area contributed by atoms with Gasteiger partial charge in [0.15, 0.2) is 0 Å². The van der Waals surface area contributed by atoms with Gasteiger partial charge in [-0.1, -0.05) is 18.2 Å². The third-order valence-corrected chi connectivity index (χ3v) is 2.12. The molecule has 1 heterocycles. The number of hydrogen-bond acceptors (Lipinski definition) is 4. The average molecular weight is 189 g/mol. The predicted molar refractivity (Wildman–Crippen MR) is 54.4 cm³/mol. The maximum Gasteiger partial charge on any atom is 0.146 e. The minimum absolute atomic E-state index is 0.195. The molecule has 2 aromatic rings. The number of hydrogen-bond donors (Lipinski definition) is 3. The van der Waals surface area contributed by atoms with Gasteiger partial charge in [-0.05, 0) is 6.07 Å². The van der Waals surface area contributed by atoms with Crippen molar-refractivity contribution in [2.45, 2.75) is 6.54 Å². The average Bonchev–Trinajstić information content (AvgIpc) is 2.23. The number of aromatic nitrogens is 1. The lowest BCUT2D eigenvalue weighted by atomic mass is 10.1. The lowest BCUT2D eigenvalue weighted by molar-refractivity contribution is 0.470. The van der Waals surface area contributed by atoms with Crippen LogP contribution in [0.15, 0.2) is 30.5 Å². The van der Waals surface area contributed by atoms with Crippen LogP contribution in [0.4, 0.5) is 0 Å². The molecule has 0 aliphatic carbocycles. The normalized spacial score (nSPS) is 10.6. The Morgan fingerprint density at radius 1 is 1.36 bits per heavy atom. The van der Waals surface area contributed by atoms with E-state index in [0.717, 1.165) is 10.9 Å². The van der Waals surface area contributed by atoms with Crippen LogP contribution in [0.1, 0.15) is 5.56 Å². The molecule has 2 rings (SSSR count). The molecular weight excluding hydrogens is 178 g/mol. The Morgan fingerprint density at radius 2 is 2.21 bits per heavy atom. The molecule has 0 spiro atoms. The smallest absolute Gasteiger partial charge is 0.146 e. The van der Waals surface area contributed by atoms with Crippen LogP contribution in [0.25, 0.3) is 10.9 Å². The van der Waals surface area contributed by atoms with Crippen LogP contribution in [0, 0.1) is 0 Å². The van der Waals surface area contributed by atoms with Gasteiger partial charge in [0.1, 0.15) is 11.3 Å². The largest absolute Gasteiger partial charge is 0.505 e. The number of phenolic OH excluding ortho intramolecular Hbond substituents is 1. The van der Waals surface area contributed by atoms with Gasteiger partial charge in [-0.25, -0.2) is 0 Å². The second-order valence-electron chi connectivity index (χ2n) is 3.03. The zero-order chi connectivity index (χ0) is 9.97. The van der Waals surface area contributed by atoms with Crippen LogP contribution in [-0.4, -0.2) is 10.1 Å². The van der Waals surface area contributed by atoms with E-state index in [4.69, 9.17) is 5.84 Å². The molecule has 72 valence electrons. The van der Waals surface area contributed by atoms with E-state index >= 15 is 0 Å². The number of nitrogens with zero attached hydrogens (tertiary/aromatic N) is 1. The van der Waals surface area contributed by atoms with Crippen molar-refractivity contribution in [2.24, 2.45) is 5.84 Å². The van der Waals surface area contributed by atoms with E-state index in [0.29, 0.717) is 12.1 Å². The molecule has 0 bridgehead atoms. The van der Waals surface area contributed by atoms with Crippen molar-refractivity contribution in [1.29, 1.82) is 0 Å². The number of fused-ring (bicyclic) bond motifs is 1. The van der Waals surface area contributed by atoms with Gasteiger partial charge in [-0.2, -0.15) is 0 Å². The molecule has 0 aliphatic rings. The summed E-state index contributed by atoms with van der Waals surface area (Å²) >= 11 is 0. The highest BCUT2D eigenvalue weighted by atomic mass is 16.3. The number of hydrazine groups is 1. The lowest BCUT2D eigenvalue weighted by Crippen LogP contribution is -2.20. The fourth-order valence-electron chi connectivity index (χ4n) is 1.42. The van der Waals surface area contributed by atoms with Gasteiger partial charge in [-0.3, -0.25) is 16.3 Å². The number of phenols is 1. The van der Waals surface area contributed by atoms with E-state index in [9.17, 15) is 5.11 Å². The van der Waals surface area contributed by atoms with Crippen molar-refractivity contribution >= 4 is 10.9 Å². The number of nitrogens with one attached hydrogen (secondary N) is 1. The zero-order valence-corrected chi connectivity index (χ0v) is 7.57. The first-order valence-electron chi connectivity index (χ1n) is 4.32. The van der Waals surface area contributed by atoms with Crippen molar-refractivity contribution in [3.63, 3.8) is 0 Å². The second-order valence-corrected chi connectivity index (χ2v) is 3.03. The summed E-state index contributed by atoms with van der Waals surface area (Å²) in [6.07, 6.45) is 1.65. The highest BCUT2D eigenvalue weighted by Crippen LogP contribution is 2.26. The third kappa shape index (κ3) is 1.41. The van der Waals surface area contributed by atoms with Crippen molar-refractivity contribution in [3.8, 4) is 5.75 Å². The number of benzene rings is 1.